The highest BCUT2D eigenvalue weighted by Gasteiger charge is 2.36. The minimum Gasteiger partial charge on any atom is -0.371 e. The van der Waals surface area contributed by atoms with Gasteiger partial charge in [-0.1, -0.05) is 11.3 Å². The van der Waals surface area contributed by atoms with Crippen molar-refractivity contribution in [3.8, 4) is 0 Å². The van der Waals surface area contributed by atoms with Crippen molar-refractivity contribution in [2.24, 2.45) is 5.92 Å². The molecule has 1 aliphatic carbocycles. The number of hydrogen-bond acceptors (Lipinski definition) is 6. The summed E-state index contributed by atoms with van der Waals surface area (Å²) in [4.78, 5) is 20.2. The van der Waals surface area contributed by atoms with Crippen LogP contribution in [-0.4, -0.2) is 16.4 Å². The van der Waals surface area contributed by atoms with Crippen molar-refractivity contribution < 1.29 is 9.85 Å². The molecular formula is C8H8BrN3O4S. The summed E-state index contributed by atoms with van der Waals surface area (Å²) >= 11 is 3.98. The van der Waals surface area contributed by atoms with E-state index < -0.39 is 21.2 Å². The van der Waals surface area contributed by atoms with Crippen molar-refractivity contribution in [3.05, 3.63) is 24.0 Å². The van der Waals surface area contributed by atoms with E-state index in [4.69, 9.17) is 0 Å². The van der Waals surface area contributed by atoms with Gasteiger partial charge in [0.25, 0.3) is 0 Å². The topological polar surface area (TPSA) is 98.3 Å². The number of anilines is 1. The lowest BCUT2D eigenvalue weighted by molar-refractivity contribution is -0.421. The van der Waals surface area contributed by atoms with Crippen molar-refractivity contribution in [1.29, 1.82) is 0 Å². The molecule has 0 radical (unpaired) electrons. The summed E-state index contributed by atoms with van der Waals surface area (Å²) in [6, 6.07) is 0. The van der Waals surface area contributed by atoms with Gasteiger partial charge in [0.2, 0.25) is 0 Å². The predicted octanol–water partition coefficient (Wildman–Crippen LogP) is 3.15. The molecule has 9 heteroatoms. The van der Waals surface area contributed by atoms with E-state index in [1.165, 1.54) is 0 Å². The zero-order valence-corrected chi connectivity index (χ0v) is 10.9. The molecular weight excluding hydrogens is 314 g/mol. The van der Waals surface area contributed by atoms with Gasteiger partial charge in [0.1, 0.15) is 0 Å². The molecule has 92 valence electrons. The Bertz CT molecular complexity index is 485. The molecule has 0 aromatic carbocycles. The number of nitro groups is 2. The first kappa shape index (κ1) is 12.2. The van der Waals surface area contributed by atoms with E-state index >= 15 is 0 Å². The number of thiophene rings is 1. The molecule has 0 amide bonds. The molecule has 0 spiro atoms. The SMILES string of the molecule is O=[N+]([O-])c1c(Br)sc(NCC2CC2)c1[N+](=O)[O-]. The molecule has 0 bridgehead atoms. The molecule has 1 heterocycles. The molecule has 1 aromatic heterocycles. The largest absolute Gasteiger partial charge is 0.381 e. The lowest BCUT2D eigenvalue weighted by atomic mass is 10.4. The van der Waals surface area contributed by atoms with E-state index in [9.17, 15) is 20.2 Å². The van der Waals surface area contributed by atoms with E-state index in [1.807, 2.05) is 0 Å². The van der Waals surface area contributed by atoms with Gasteiger partial charge in [0.05, 0.1) is 9.85 Å². The van der Waals surface area contributed by atoms with Gasteiger partial charge >= 0.3 is 11.4 Å². The van der Waals surface area contributed by atoms with Gasteiger partial charge in [0, 0.05) is 6.54 Å². The summed E-state index contributed by atoms with van der Waals surface area (Å²) in [5, 5.41) is 24.8. The van der Waals surface area contributed by atoms with E-state index in [0.717, 1.165) is 24.2 Å². The third-order valence-electron chi connectivity index (χ3n) is 2.43. The number of rotatable bonds is 5. The number of nitrogens with zero attached hydrogens (tertiary/aromatic N) is 2. The Kier molecular flexibility index (Phi) is 3.29. The molecule has 1 saturated carbocycles. The van der Waals surface area contributed by atoms with Crippen LogP contribution in [0.25, 0.3) is 0 Å². The Labute approximate surface area is 108 Å². The molecule has 1 fully saturated rings. The summed E-state index contributed by atoms with van der Waals surface area (Å²) in [6.07, 6.45) is 2.21. The minimum absolute atomic E-state index is 0.174. The first-order valence-electron chi connectivity index (χ1n) is 4.85. The normalized spacial score (nSPS) is 14.6. The lowest BCUT2D eigenvalue weighted by Crippen LogP contribution is -2.04. The van der Waals surface area contributed by atoms with Crippen LogP contribution in [0, 0.1) is 26.1 Å². The van der Waals surface area contributed by atoms with Crippen LogP contribution in [0.1, 0.15) is 12.8 Å². The molecule has 1 N–H and O–H groups in total. The Morgan fingerprint density at radius 3 is 2.35 bits per heavy atom. The fourth-order valence-corrected chi connectivity index (χ4v) is 3.08. The Balaban J connectivity index is 2.32. The van der Waals surface area contributed by atoms with Crippen LogP contribution < -0.4 is 5.32 Å². The minimum atomic E-state index is -0.735. The number of nitrogens with one attached hydrogen (secondary N) is 1. The highest BCUT2D eigenvalue weighted by atomic mass is 79.9. The van der Waals surface area contributed by atoms with E-state index in [-0.39, 0.29) is 8.79 Å². The van der Waals surface area contributed by atoms with Gasteiger partial charge in [0.15, 0.2) is 8.79 Å². The summed E-state index contributed by atoms with van der Waals surface area (Å²) in [5.74, 6) is 0.537. The summed E-state index contributed by atoms with van der Waals surface area (Å²) in [7, 11) is 0. The lowest BCUT2D eigenvalue weighted by Gasteiger charge is -1.99. The Hall–Kier alpha value is -1.22. The second-order valence-corrected chi connectivity index (χ2v) is 6.08. The first-order chi connectivity index (χ1) is 8.00. The van der Waals surface area contributed by atoms with Gasteiger partial charge in [-0.25, -0.2) is 0 Å². The molecule has 0 saturated heterocycles. The third kappa shape index (κ3) is 2.55. The van der Waals surface area contributed by atoms with Crippen LogP contribution in [-0.2, 0) is 0 Å². The highest BCUT2D eigenvalue weighted by molar-refractivity contribution is 9.11. The van der Waals surface area contributed by atoms with E-state index in [0.29, 0.717) is 12.5 Å². The predicted molar refractivity (Wildman–Crippen MR) is 66.5 cm³/mol. The average Bonchev–Trinajstić information content (AvgIpc) is 2.98. The quantitative estimate of drug-likeness (QED) is 0.663. The summed E-state index contributed by atoms with van der Waals surface area (Å²) in [5.41, 5.74) is -0.925. The van der Waals surface area contributed by atoms with Gasteiger partial charge in [-0.2, -0.15) is 0 Å². The molecule has 1 aromatic rings. The molecule has 1 aliphatic rings. The van der Waals surface area contributed by atoms with Crippen molar-refractivity contribution in [2.45, 2.75) is 12.8 Å². The van der Waals surface area contributed by atoms with Crippen molar-refractivity contribution in [2.75, 3.05) is 11.9 Å². The van der Waals surface area contributed by atoms with Crippen LogP contribution >= 0.6 is 27.3 Å². The molecule has 2 rings (SSSR count). The van der Waals surface area contributed by atoms with Crippen LogP contribution in [0.4, 0.5) is 16.4 Å². The zero-order chi connectivity index (χ0) is 12.6. The summed E-state index contributed by atoms with van der Waals surface area (Å²) in [6.45, 7) is 0.630. The van der Waals surface area contributed by atoms with E-state index in [2.05, 4.69) is 21.2 Å². The zero-order valence-electron chi connectivity index (χ0n) is 8.51. The molecule has 0 aliphatic heterocycles. The maximum Gasteiger partial charge on any atom is 0.381 e. The van der Waals surface area contributed by atoms with Crippen LogP contribution in [0.15, 0.2) is 3.79 Å². The fraction of sp³-hybridized carbons (Fsp3) is 0.500. The van der Waals surface area contributed by atoms with Crippen molar-refractivity contribution in [3.63, 3.8) is 0 Å². The van der Waals surface area contributed by atoms with Gasteiger partial charge in [-0.15, -0.1) is 0 Å². The molecule has 7 nitrogen and oxygen atoms in total. The smallest absolute Gasteiger partial charge is 0.371 e. The average molecular weight is 322 g/mol. The second-order valence-electron chi connectivity index (χ2n) is 3.74. The van der Waals surface area contributed by atoms with Crippen LogP contribution in [0.5, 0.6) is 0 Å². The maximum atomic E-state index is 10.9. The molecule has 0 unspecified atom stereocenters. The van der Waals surface area contributed by atoms with Crippen LogP contribution in [0.3, 0.4) is 0 Å². The molecule has 17 heavy (non-hydrogen) atoms. The Morgan fingerprint density at radius 2 is 1.88 bits per heavy atom. The van der Waals surface area contributed by atoms with Crippen molar-refractivity contribution >= 4 is 43.6 Å². The fourth-order valence-electron chi connectivity index (χ4n) is 1.39. The van der Waals surface area contributed by atoms with E-state index in [1.54, 1.807) is 0 Å². The summed E-state index contributed by atoms with van der Waals surface area (Å²) < 4.78 is 0.174. The standard InChI is InChI=1S/C8H8BrN3O4S/c9-7-5(11(13)14)6(12(15)16)8(17-7)10-3-4-1-2-4/h4,10H,1-3H2. The monoisotopic (exact) mass is 321 g/mol. The highest BCUT2D eigenvalue weighted by Crippen LogP contribution is 2.48. The van der Waals surface area contributed by atoms with Gasteiger partial charge in [-0.3, -0.25) is 20.2 Å². The maximum absolute atomic E-state index is 10.9. The van der Waals surface area contributed by atoms with Gasteiger partial charge in [-0.05, 0) is 34.7 Å². The van der Waals surface area contributed by atoms with Crippen LogP contribution in [0.2, 0.25) is 0 Å². The third-order valence-corrected chi connectivity index (χ3v) is 4.21. The first-order valence-corrected chi connectivity index (χ1v) is 6.46. The number of hydrogen-bond donors (Lipinski definition) is 1. The Morgan fingerprint density at radius 1 is 1.29 bits per heavy atom. The molecule has 0 atom stereocenters. The van der Waals surface area contributed by atoms with Gasteiger partial charge < -0.3 is 5.32 Å². The van der Waals surface area contributed by atoms with Crippen molar-refractivity contribution in [1.82, 2.24) is 0 Å². The number of halogens is 1. The second kappa shape index (κ2) is 4.57.